The molecule has 0 bridgehead atoms. The van der Waals surface area contributed by atoms with Crippen LogP contribution in [0, 0.1) is 0 Å². The Morgan fingerprint density at radius 3 is 2.35 bits per heavy atom. The molecule has 3 N–H and O–H groups in total. The summed E-state index contributed by atoms with van der Waals surface area (Å²) in [5.41, 5.74) is 7.06. The lowest BCUT2D eigenvalue weighted by Gasteiger charge is -2.08. The topological polar surface area (TPSA) is 38.0 Å². The number of nitrogens with two attached hydrogens (primary N) is 1. The molecule has 1 aromatic carbocycles. The van der Waals surface area contributed by atoms with Crippen LogP contribution >= 0.6 is 11.8 Å². The molecule has 0 radical (unpaired) electrons. The SMILES string of the molecule is CC(N)CNCCc1ccc(SC(C)C)cc1. The standard InChI is InChI=1S/C14H24N2S/c1-11(2)17-14-6-4-13(5-7-14)8-9-16-10-12(3)15/h4-7,11-12,16H,8-10,15H2,1-3H3. The van der Waals surface area contributed by atoms with Crippen molar-refractivity contribution < 1.29 is 0 Å². The summed E-state index contributed by atoms with van der Waals surface area (Å²) >= 11 is 1.91. The molecule has 0 aliphatic rings. The highest BCUT2D eigenvalue weighted by molar-refractivity contribution is 7.99. The summed E-state index contributed by atoms with van der Waals surface area (Å²) in [6.45, 7) is 8.34. The van der Waals surface area contributed by atoms with E-state index in [0.29, 0.717) is 5.25 Å². The van der Waals surface area contributed by atoms with Crippen molar-refractivity contribution in [3.05, 3.63) is 29.8 Å². The first kappa shape index (κ1) is 14.6. The summed E-state index contributed by atoms with van der Waals surface area (Å²) in [5.74, 6) is 0. The van der Waals surface area contributed by atoms with Gasteiger partial charge >= 0.3 is 0 Å². The third-order valence-electron chi connectivity index (χ3n) is 2.35. The van der Waals surface area contributed by atoms with Gasteiger partial charge in [0.15, 0.2) is 0 Å². The van der Waals surface area contributed by atoms with Crippen molar-refractivity contribution >= 4 is 11.8 Å². The van der Waals surface area contributed by atoms with Gasteiger partial charge in [-0.1, -0.05) is 26.0 Å². The van der Waals surface area contributed by atoms with E-state index in [0.717, 1.165) is 19.5 Å². The number of rotatable bonds is 7. The van der Waals surface area contributed by atoms with Gasteiger partial charge in [-0.05, 0) is 37.6 Å². The smallest absolute Gasteiger partial charge is 0.0136 e. The van der Waals surface area contributed by atoms with Gasteiger partial charge in [-0.15, -0.1) is 11.8 Å². The predicted molar refractivity (Wildman–Crippen MR) is 77.7 cm³/mol. The van der Waals surface area contributed by atoms with Crippen molar-refractivity contribution in [3.63, 3.8) is 0 Å². The van der Waals surface area contributed by atoms with E-state index < -0.39 is 0 Å². The zero-order valence-electron chi connectivity index (χ0n) is 11.1. The van der Waals surface area contributed by atoms with Crippen molar-refractivity contribution in [1.29, 1.82) is 0 Å². The van der Waals surface area contributed by atoms with Gasteiger partial charge in [0.1, 0.15) is 0 Å². The fraction of sp³-hybridized carbons (Fsp3) is 0.571. The van der Waals surface area contributed by atoms with Crippen LogP contribution in [-0.2, 0) is 6.42 Å². The Morgan fingerprint density at radius 1 is 1.18 bits per heavy atom. The molecule has 0 amide bonds. The maximum atomic E-state index is 5.67. The Hall–Kier alpha value is -0.510. The Kier molecular flexibility index (Phi) is 6.63. The second-order valence-corrected chi connectivity index (χ2v) is 6.39. The van der Waals surface area contributed by atoms with Crippen LogP contribution in [-0.4, -0.2) is 24.4 Å². The minimum Gasteiger partial charge on any atom is -0.327 e. The number of thioether (sulfide) groups is 1. The largest absolute Gasteiger partial charge is 0.327 e. The second-order valence-electron chi connectivity index (χ2n) is 4.74. The van der Waals surface area contributed by atoms with Gasteiger partial charge in [-0.25, -0.2) is 0 Å². The van der Waals surface area contributed by atoms with Crippen LogP contribution < -0.4 is 11.1 Å². The monoisotopic (exact) mass is 252 g/mol. The van der Waals surface area contributed by atoms with Crippen LogP contribution in [0.2, 0.25) is 0 Å². The van der Waals surface area contributed by atoms with E-state index in [2.05, 4.69) is 43.4 Å². The lowest BCUT2D eigenvalue weighted by atomic mass is 10.1. The van der Waals surface area contributed by atoms with Gasteiger partial charge in [0.2, 0.25) is 0 Å². The minimum absolute atomic E-state index is 0.236. The van der Waals surface area contributed by atoms with E-state index in [1.54, 1.807) is 0 Å². The first-order valence-corrected chi connectivity index (χ1v) is 7.18. The van der Waals surface area contributed by atoms with Crippen molar-refractivity contribution in [2.45, 2.75) is 43.4 Å². The van der Waals surface area contributed by atoms with E-state index in [4.69, 9.17) is 5.73 Å². The van der Waals surface area contributed by atoms with Crippen molar-refractivity contribution in [3.8, 4) is 0 Å². The first-order chi connectivity index (χ1) is 8.08. The summed E-state index contributed by atoms with van der Waals surface area (Å²) < 4.78 is 0. The summed E-state index contributed by atoms with van der Waals surface area (Å²) in [4.78, 5) is 1.35. The molecule has 0 saturated carbocycles. The summed E-state index contributed by atoms with van der Waals surface area (Å²) in [5, 5.41) is 4.00. The van der Waals surface area contributed by atoms with Gasteiger partial charge in [0.25, 0.3) is 0 Å². The summed E-state index contributed by atoms with van der Waals surface area (Å²) in [6, 6.07) is 9.10. The number of benzene rings is 1. The molecule has 0 aliphatic heterocycles. The number of hydrogen-bond donors (Lipinski definition) is 2. The zero-order chi connectivity index (χ0) is 12.7. The molecule has 1 rings (SSSR count). The molecular weight excluding hydrogens is 228 g/mol. The molecule has 17 heavy (non-hydrogen) atoms. The molecule has 0 aromatic heterocycles. The average molecular weight is 252 g/mol. The summed E-state index contributed by atoms with van der Waals surface area (Å²) in [7, 11) is 0. The van der Waals surface area contributed by atoms with Crippen LogP contribution in [0.5, 0.6) is 0 Å². The van der Waals surface area contributed by atoms with Crippen LogP contribution in [0.4, 0.5) is 0 Å². The van der Waals surface area contributed by atoms with Gasteiger partial charge in [0, 0.05) is 22.7 Å². The Bertz CT molecular complexity index is 307. The normalized spacial score (nSPS) is 13.0. The van der Waals surface area contributed by atoms with Crippen LogP contribution in [0.15, 0.2) is 29.2 Å². The van der Waals surface area contributed by atoms with Gasteiger partial charge in [0.05, 0.1) is 0 Å². The third kappa shape index (κ3) is 6.71. The number of nitrogens with one attached hydrogen (secondary N) is 1. The molecule has 1 atom stereocenters. The average Bonchev–Trinajstić information content (AvgIpc) is 2.25. The number of hydrogen-bond acceptors (Lipinski definition) is 3. The fourth-order valence-corrected chi connectivity index (χ4v) is 2.41. The molecule has 1 aromatic rings. The lowest BCUT2D eigenvalue weighted by molar-refractivity contribution is 0.609. The molecule has 0 spiro atoms. The Balaban J connectivity index is 2.30. The molecule has 0 aliphatic carbocycles. The van der Waals surface area contributed by atoms with E-state index in [1.807, 2.05) is 18.7 Å². The van der Waals surface area contributed by atoms with Crippen LogP contribution in [0.1, 0.15) is 26.3 Å². The quantitative estimate of drug-likeness (QED) is 0.579. The highest BCUT2D eigenvalue weighted by Gasteiger charge is 1.99. The lowest BCUT2D eigenvalue weighted by Crippen LogP contribution is -2.32. The van der Waals surface area contributed by atoms with Gasteiger partial charge in [-0.3, -0.25) is 0 Å². The van der Waals surface area contributed by atoms with E-state index in [-0.39, 0.29) is 6.04 Å². The predicted octanol–water partition coefficient (Wildman–Crippen LogP) is 2.67. The highest BCUT2D eigenvalue weighted by Crippen LogP contribution is 2.22. The second kappa shape index (κ2) is 7.75. The van der Waals surface area contributed by atoms with E-state index in [1.165, 1.54) is 10.5 Å². The molecule has 0 saturated heterocycles. The molecule has 96 valence electrons. The Labute approximate surface area is 109 Å². The first-order valence-electron chi connectivity index (χ1n) is 6.30. The molecular formula is C14H24N2S. The molecule has 2 nitrogen and oxygen atoms in total. The fourth-order valence-electron chi connectivity index (χ4n) is 1.57. The molecule has 1 unspecified atom stereocenters. The van der Waals surface area contributed by atoms with E-state index in [9.17, 15) is 0 Å². The van der Waals surface area contributed by atoms with E-state index >= 15 is 0 Å². The highest BCUT2D eigenvalue weighted by atomic mass is 32.2. The van der Waals surface area contributed by atoms with Crippen LogP contribution in [0.25, 0.3) is 0 Å². The Morgan fingerprint density at radius 2 is 1.82 bits per heavy atom. The third-order valence-corrected chi connectivity index (χ3v) is 3.37. The van der Waals surface area contributed by atoms with Crippen molar-refractivity contribution in [2.24, 2.45) is 5.73 Å². The molecule has 3 heteroatoms. The minimum atomic E-state index is 0.236. The zero-order valence-corrected chi connectivity index (χ0v) is 11.9. The van der Waals surface area contributed by atoms with Gasteiger partial charge < -0.3 is 11.1 Å². The van der Waals surface area contributed by atoms with Crippen molar-refractivity contribution in [1.82, 2.24) is 5.32 Å². The molecule has 0 heterocycles. The molecule has 0 fully saturated rings. The van der Waals surface area contributed by atoms with Gasteiger partial charge in [-0.2, -0.15) is 0 Å². The maximum absolute atomic E-state index is 5.67. The van der Waals surface area contributed by atoms with Crippen molar-refractivity contribution in [2.75, 3.05) is 13.1 Å². The summed E-state index contributed by atoms with van der Waals surface area (Å²) in [6.07, 6.45) is 1.07. The van der Waals surface area contributed by atoms with Crippen LogP contribution in [0.3, 0.4) is 0 Å². The maximum Gasteiger partial charge on any atom is 0.0136 e.